The molecule has 2 amide bonds. The zero-order chi connectivity index (χ0) is 19.7. The number of nitrogens with zero attached hydrogens (tertiary/aromatic N) is 3. The van der Waals surface area contributed by atoms with Crippen LogP contribution in [0.3, 0.4) is 0 Å². The van der Waals surface area contributed by atoms with Crippen LogP contribution in [0.2, 0.25) is 0 Å². The lowest BCUT2D eigenvalue weighted by molar-refractivity contribution is -0.155. The van der Waals surface area contributed by atoms with E-state index in [4.69, 9.17) is 4.74 Å². The van der Waals surface area contributed by atoms with E-state index in [0.29, 0.717) is 37.5 Å². The Bertz CT molecular complexity index is 882. The molecule has 1 aromatic carbocycles. The van der Waals surface area contributed by atoms with E-state index in [1.807, 2.05) is 49.1 Å². The van der Waals surface area contributed by atoms with Gasteiger partial charge in [0.25, 0.3) is 11.8 Å². The number of para-hydroxylation sites is 1. The van der Waals surface area contributed by atoms with Gasteiger partial charge in [-0.15, -0.1) is 11.3 Å². The van der Waals surface area contributed by atoms with Crippen LogP contribution in [0, 0.1) is 13.8 Å². The second-order valence-corrected chi connectivity index (χ2v) is 8.67. The van der Waals surface area contributed by atoms with E-state index < -0.39 is 5.60 Å². The first kappa shape index (κ1) is 19.1. The van der Waals surface area contributed by atoms with Crippen molar-refractivity contribution < 1.29 is 14.3 Å². The molecular weight excluding hydrogens is 374 g/mol. The summed E-state index contributed by atoms with van der Waals surface area (Å²) < 4.78 is 6.10. The fourth-order valence-electron chi connectivity index (χ4n) is 4.10. The molecule has 2 fully saturated rings. The van der Waals surface area contributed by atoms with Crippen LogP contribution in [-0.2, 0) is 9.53 Å². The fourth-order valence-corrected chi connectivity index (χ4v) is 4.99. The molecule has 6 nitrogen and oxygen atoms in total. The Hall–Kier alpha value is -2.25. The molecule has 0 bridgehead atoms. The smallest absolute Gasteiger partial charge is 0.266 e. The second kappa shape index (κ2) is 7.64. The molecule has 148 valence electrons. The van der Waals surface area contributed by atoms with Crippen LogP contribution >= 0.6 is 11.3 Å². The number of morpholine rings is 1. The molecule has 2 aliphatic heterocycles. The highest BCUT2D eigenvalue weighted by Gasteiger charge is 2.48. The molecule has 2 aliphatic rings. The maximum absolute atomic E-state index is 13.6. The number of hydrogen-bond acceptors (Lipinski definition) is 5. The van der Waals surface area contributed by atoms with Crippen molar-refractivity contribution in [3.63, 3.8) is 0 Å². The summed E-state index contributed by atoms with van der Waals surface area (Å²) in [5, 5.41) is 0.879. The number of aromatic nitrogens is 1. The normalized spacial score (nSPS) is 23.1. The highest BCUT2D eigenvalue weighted by Crippen LogP contribution is 2.33. The molecule has 0 saturated carbocycles. The van der Waals surface area contributed by atoms with Crippen LogP contribution in [0.25, 0.3) is 0 Å². The average molecular weight is 400 g/mol. The van der Waals surface area contributed by atoms with Crippen LogP contribution in [0.15, 0.2) is 30.3 Å². The predicted molar refractivity (Wildman–Crippen MR) is 109 cm³/mol. The lowest BCUT2D eigenvalue weighted by Crippen LogP contribution is -2.61. The molecule has 1 atom stereocenters. The van der Waals surface area contributed by atoms with E-state index in [-0.39, 0.29) is 11.8 Å². The molecule has 2 saturated heterocycles. The molecule has 7 heteroatoms. The van der Waals surface area contributed by atoms with Gasteiger partial charge in [0.1, 0.15) is 4.88 Å². The van der Waals surface area contributed by atoms with Crippen molar-refractivity contribution in [3.8, 4) is 0 Å². The SMILES string of the molecule is Cc1nc(C)c(C(=O)N2CCOC3(CCCCN(c4ccccc4)C3=O)C2)s1. The lowest BCUT2D eigenvalue weighted by atomic mass is 9.93. The quantitative estimate of drug-likeness (QED) is 0.778. The number of carbonyl (C=O) groups excluding carboxylic acids is 2. The molecule has 0 aliphatic carbocycles. The summed E-state index contributed by atoms with van der Waals surface area (Å²) in [6.07, 6.45) is 2.46. The van der Waals surface area contributed by atoms with E-state index >= 15 is 0 Å². The van der Waals surface area contributed by atoms with Gasteiger partial charge in [0.15, 0.2) is 5.60 Å². The second-order valence-electron chi connectivity index (χ2n) is 7.47. The minimum absolute atomic E-state index is 0.0362. The minimum Gasteiger partial charge on any atom is -0.361 e. The number of ether oxygens (including phenoxy) is 1. The number of thiazole rings is 1. The summed E-state index contributed by atoms with van der Waals surface area (Å²) in [4.78, 5) is 35.3. The van der Waals surface area contributed by atoms with Crippen molar-refractivity contribution >= 4 is 28.8 Å². The standard InChI is InChI=1S/C21H25N3O3S/c1-15-18(28-16(2)22-15)19(25)23-12-13-27-21(14-23)10-6-7-11-24(20(21)26)17-8-4-3-5-9-17/h3-5,8-9H,6-7,10-14H2,1-2H3. The Kier molecular flexibility index (Phi) is 5.21. The molecule has 1 aromatic heterocycles. The van der Waals surface area contributed by atoms with Gasteiger partial charge in [0.05, 0.1) is 23.9 Å². The van der Waals surface area contributed by atoms with Crippen molar-refractivity contribution in [2.45, 2.75) is 38.7 Å². The third kappa shape index (κ3) is 3.44. The monoisotopic (exact) mass is 399 g/mol. The first-order valence-electron chi connectivity index (χ1n) is 9.74. The maximum atomic E-state index is 13.6. The zero-order valence-electron chi connectivity index (χ0n) is 16.3. The van der Waals surface area contributed by atoms with Crippen LogP contribution in [0.4, 0.5) is 5.69 Å². The number of aryl methyl sites for hydroxylation is 2. The first-order chi connectivity index (χ1) is 13.5. The van der Waals surface area contributed by atoms with Crippen molar-refractivity contribution in [2.24, 2.45) is 0 Å². The molecule has 28 heavy (non-hydrogen) atoms. The molecule has 2 aromatic rings. The summed E-state index contributed by atoms with van der Waals surface area (Å²) in [5.41, 5.74) is 0.675. The first-order valence-corrected chi connectivity index (χ1v) is 10.6. The maximum Gasteiger partial charge on any atom is 0.266 e. The number of amides is 2. The Labute approximate surface area is 169 Å². The van der Waals surface area contributed by atoms with E-state index in [0.717, 1.165) is 29.2 Å². The van der Waals surface area contributed by atoms with Gasteiger partial charge in [-0.1, -0.05) is 18.2 Å². The van der Waals surface area contributed by atoms with Crippen molar-refractivity contribution in [1.29, 1.82) is 0 Å². The van der Waals surface area contributed by atoms with Gasteiger partial charge in [-0.3, -0.25) is 9.59 Å². The van der Waals surface area contributed by atoms with Gasteiger partial charge in [-0.2, -0.15) is 0 Å². The number of anilines is 1. The van der Waals surface area contributed by atoms with Gasteiger partial charge in [-0.05, 0) is 45.2 Å². The van der Waals surface area contributed by atoms with Crippen molar-refractivity contribution in [2.75, 3.05) is 31.1 Å². The Morgan fingerprint density at radius 3 is 2.68 bits per heavy atom. The number of rotatable bonds is 2. The number of benzene rings is 1. The number of hydrogen-bond donors (Lipinski definition) is 0. The predicted octanol–water partition coefficient (Wildman–Crippen LogP) is 3.19. The summed E-state index contributed by atoms with van der Waals surface area (Å²) >= 11 is 1.42. The van der Waals surface area contributed by atoms with Gasteiger partial charge in [0, 0.05) is 18.8 Å². The highest BCUT2D eigenvalue weighted by atomic mass is 32.1. The van der Waals surface area contributed by atoms with E-state index in [9.17, 15) is 9.59 Å². The third-order valence-corrected chi connectivity index (χ3v) is 6.55. The molecule has 3 heterocycles. The summed E-state index contributed by atoms with van der Waals surface area (Å²) in [6, 6.07) is 9.72. The Balaban J connectivity index is 1.61. The van der Waals surface area contributed by atoms with Gasteiger partial charge < -0.3 is 14.5 Å². The summed E-state index contributed by atoms with van der Waals surface area (Å²) in [6.45, 7) is 5.61. The summed E-state index contributed by atoms with van der Waals surface area (Å²) in [5.74, 6) is -0.0833. The van der Waals surface area contributed by atoms with Crippen LogP contribution in [0.5, 0.6) is 0 Å². The molecule has 0 radical (unpaired) electrons. The third-order valence-electron chi connectivity index (χ3n) is 5.49. The van der Waals surface area contributed by atoms with Crippen molar-refractivity contribution in [1.82, 2.24) is 9.88 Å². The molecule has 1 unspecified atom stereocenters. The lowest BCUT2D eigenvalue weighted by Gasteiger charge is -2.42. The fraction of sp³-hybridized carbons (Fsp3) is 0.476. The Morgan fingerprint density at radius 1 is 1.18 bits per heavy atom. The molecular formula is C21H25N3O3S. The van der Waals surface area contributed by atoms with Crippen LogP contribution in [-0.4, -0.2) is 53.5 Å². The molecule has 4 rings (SSSR count). The topological polar surface area (TPSA) is 62.7 Å². The molecule has 1 spiro atoms. The zero-order valence-corrected chi connectivity index (χ0v) is 17.1. The van der Waals surface area contributed by atoms with Crippen LogP contribution < -0.4 is 4.90 Å². The van der Waals surface area contributed by atoms with Crippen LogP contribution in [0.1, 0.15) is 39.6 Å². The van der Waals surface area contributed by atoms with Crippen molar-refractivity contribution in [3.05, 3.63) is 45.9 Å². The number of carbonyl (C=O) groups is 2. The Morgan fingerprint density at radius 2 is 1.96 bits per heavy atom. The van der Waals surface area contributed by atoms with Gasteiger partial charge >= 0.3 is 0 Å². The molecule has 0 N–H and O–H groups in total. The van der Waals surface area contributed by atoms with Gasteiger partial charge in [0.2, 0.25) is 0 Å². The van der Waals surface area contributed by atoms with E-state index in [1.165, 1.54) is 11.3 Å². The van der Waals surface area contributed by atoms with E-state index in [2.05, 4.69) is 4.98 Å². The van der Waals surface area contributed by atoms with E-state index in [1.54, 1.807) is 4.90 Å². The minimum atomic E-state index is -0.964. The van der Waals surface area contributed by atoms with Gasteiger partial charge in [-0.25, -0.2) is 4.98 Å². The summed E-state index contributed by atoms with van der Waals surface area (Å²) in [7, 11) is 0. The average Bonchev–Trinajstić information content (AvgIpc) is 2.97. The largest absolute Gasteiger partial charge is 0.361 e. The highest BCUT2D eigenvalue weighted by molar-refractivity contribution is 7.13.